The normalized spacial score (nSPS) is 16.9. The van der Waals surface area contributed by atoms with Gasteiger partial charge in [0.2, 0.25) is 0 Å². The van der Waals surface area contributed by atoms with Gasteiger partial charge in [-0.3, -0.25) is 0 Å². The zero-order valence-electron chi connectivity index (χ0n) is 11.8. The van der Waals surface area contributed by atoms with Crippen LogP contribution in [0, 0.1) is 5.82 Å². The first kappa shape index (κ1) is 14.3. The highest BCUT2D eigenvalue weighted by Gasteiger charge is 2.20. The lowest BCUT2D eigenvalue weighted by molar-refractivity contribution is 0.0459. The second-order valence-electron chi connectivity index (χ2n) is 4.99. The van der Waals surface area contributed by atoms with Gasteiger partial charge in [0.1, 0.15) is 5.82 Å². The van der Waals surface area contributed by atoms with E-state index in [-0.39, 0.29) is 5.82 Å². The average Bonchev–Trinajstić information content (AvgIpc) is 2.40. The maximum absolute atomic E-state index is 13.6. The van der Waals surface area contributed by atoms with E-state index in [2.05, 4.69) is 16.3 Å². The van der Waals surface area contributed by atoms with Crippen molar-refractivity contribution >= 4 is 5.69 Å². The minimum Gasteiger partial charge on any atom is -0.378 e. The summed E-state index contributed by atoms with van der Waals surface area (Å²) in [6.45, 7) is 5.38. The molecule has 3 nitrogen and oxygen atoms in total. The Morgan fingerprint density at radius 1 is 1.32 bits per heavy atom. The number of piperidine rings is 1. The number of benzene rings is 1. The maximum Gasteiger partial charge on any atom is 0.125 e. The summed E-state index contributed by atoms with van der Waals surface area (Å²) in [5.74, 6) is -0.158. The number of nitrogens with zero attached hydrogens (tertiary/aromatic N) is 1. The molecule has 0 amide bonds. The summed E-state index contributed by atoms with van der Waals surface area (Å²) in [5.41, 5.74) is 1.98. The first-order valence-electron chi connectivity index (χ1n) is 7.03. The number of ether oxygens (including phenoxy) is 1. The molecule has 2 rings (SSSR count). The van der Waals surface area contributed by atoms with Crippen LogP contribution < -0.4 is 10.2 Å². The molecule has 1 aliphatic rings. The van der Waals surface area contributed by atoms with Gasteiger partial charge < -0.3 is 15.0 Å². The summed E-state index contributed by atoms with van der Waals surface area (Å²) >= 11 is 0. The molecule has 1 heterocycles. The Labute approximate surface area is 114 Å². The summed E-state index contributed by atoms with van der Waals surface area (Å²) in [6.07, 6.45) is 2.41. The maximum atomic E-state index is 13.6. The summed E-state index contributed by atoms with van der Waals surface area (Å²) in [7, 11) is 1.87. The van der Waals surface area contributed by atoms with Gasteiger partial charge in [-0.1, -0.05) is 0 Å². The summed E-state index contributed by atoms with van der Waals surface area (Å²) in [4.78, 5) is 2.25. The third-order valence-electron chi connectivity index (χ3n) is 3.53. The van der Waals surface area contributed by atoms with Crippen LogP contribution in [-0.2, 0) is 11.3 Å². The predicted octanol–water partition coefficient (Wildman–Crippen LogP) is 2.55. The van der Waals surface area contributed by atoms with Crippen LogP contribution in [0.3, 0.4) is 0 Å². The number of rotatable bonds is 5. The number of anilines is 1. The molecule has 19 heavy (non-hydrogen) atoms. The molecule has 0 bridgehead atoms. The van der Waals surface area contributed by atoms with Crippen LogP contribution in [0.5, 0.6) is 0 Å². The second-order valence-corrected chi connectivity index (χ2v) is 4.99. The van der Waals surface area contributed by atoms with Crippen LogP contribution in [0.25, 0.3) is 0 Å². The molecule has 1 aromatic carbocycles. The SMILES string of the molecule is CCOC1CCN(c2cc(F)cc(CNC)c2)CC1. The molecular weight excluding hydrogens is 243 g/mol. The highest BCUT2D eigenvalue weighted by molar-refractivity contribution is 5.49. The Bertz CT molecular complexity index is 403. The van der Waals surface area contributed by atoms with Crippen molar-refractivity contribution in [1.82, 2.24) is 5.32 Å². The molecule has 0 unspecified atom stereocenters. The van der Waals surface area contributed by atoms with E-state index in [1.807, 2.05) is 14.0 Å². The fourth-order valence-corrected chi connectivity index (χ4v) is 2.64. The van der Waals surface area contributed by atoms with Gasteiger partial charge >= 0.3 is 0 Å². The molecule has 0 spiro atoms. The van der Waals surface area contributed by atoms with Crippen LogP contribution in [-0.4, -0.2) is 32.8 Å². The largest absolute Gasteiger partial charge is 0.378 e. The van der Waals surface area contributed by atoms with E-state index in [1.54, 1.807) is 12.1 Å². The van der Waals surface area contributed by atoms with Crippen molar-refractivity contribution < 1.29 is 9.13 Å². The minimum absolute atomic E-state index is 0.158. The van der Waals surface area contributed by atoms with Crippen molar-refractivity contribution in [2.24, 2.45) is 0 Å². The topological polar surface area (TPSA) is 24.5 Å². The van der Waals surface area contributed by atoms with E-state index in [9.17, 15) is 4.39 Å². The Balaban J connectivity index is 2.02. The van der Waals surface area contributed by atoms with Crippen molar-refractivity contribution in [2.75, 3.05) is 31.6 Å². The van der Waals surface area contributed by atoms with E-state index in [1.165, 1.54) is 0 Å². The van der Waals surface area contributed by atoms with Crippen molar-refractivity contribution in [2.45, 2.75) is 32.4 Å². The molecule has 0 atom stereocenters. The second kappa shape index (κ2) is 6.87. The molecule has 0 saturated carbocycles. The predicted molar refractivity (Wildman–Crippen MR) is 76.0 cm³/mol. The van der Waals surface area contributed by atoms with Gasteiger partial charge in [-0.05, 0) is 50.6 Å². The Morgan fingerprint density at radius 2 is 2.05 bits per heavy atom. The zero-order valence-corrected chi connectivity index (χ0v) is 11.8. The van der Waals surface area contributed by atoms with Crippen LogP contribution >= 0.6 is 0 Å². The Morgan fingerprint density at radius 3 is 2.68 bits per heavy atom. The van der Waals surface area contributed by atoms with E-state index in [0.717, 1.165) is 43.8 Å². The fourth-order valence-electron chi connectivity index (χ4n) is 2.64. The van der Waals surface area contributed by atoms with E-state index >= 15 is 0 Å². The summed E-state index contributed by atoms with van der Waals surface area (Å²) in [6, 6.07) is 5.29. The lowest BCUT2D eigenvalue weighted by atomic mass is 10.1. The first-order valence-corrected chi connectivity index (χ1v) is 7.03. The Kier molecular flexibility index (Phi) is 5.16. The van der Waals surface area contributed by atoms with Gasteiger partial charge in [-0.2, -0.15) is 0 Å². The van der Waals surface area contributed by atoms with Crippen LogP contribution in [0.4, 0.5) is 10.1 Å². The molecule has 1 aromatic rings. The molecule has 106 valence electrons. The monoisotopic (exact) mass is 266 g/mol. The van der Waals surface area contributed by atoms with Crippen molar-refractivity contribution in [1.29, 1.82) is 0 Å². The van der Waals surface area contributed by atoms with Crippen molar-refractivity contribution in [3.8, 4) is 0 Å². The van der Waals surface area contributed by atoms with Crippen LogP contribution in [0.2, 0.25) is 0 Å². The van der Waals surface area contributed by atoms with Gasteiger partial charge in [-0.15, -0.1) is 0 Å². The van der Waals surface area contributed by atoms with Gasteiger partial charge in [0, 0.05) is 31.9 Å². The molecule has 0 aromatic heterocycles. The number of hydrogen-bond donors (Lipinski definition) is 1. The van der Waals surface area contributed by atoms with E-state index in [4.69, 9.17) is 4.74 Å². The lowest BCUT2D eigenvalue weighted by Crippen LogP contribution is -2.37. The number of nitrogens with one attached hydrogen (secondary N) is 1. The first-order chi connectivity index (χ1) is 9.22. The molecule has 4 heteroatoms. The van der Waals surface area contributed by atoms with Crippen molar-refractivity contribution in [3.05, 3.63) is 29.6 Å². The van der Waals surface area contributed by atoms with E-state index < -0.39 is 0 Å². The Hall–Kier alpha value is -1.13. The van der Waals surface area contributed by atoms with Gasteiger partial charge in [-0.25, -0.2) is 4.39 Å². The van der Waals surface area contributed by atoms with Crippen LogP contribution in [0.1, 0.15) is 25.3 Å². The zero-order chi connectivity index (χ0) is 13.7. The smallest absolute Gasteiger partial charge is 0.125 e. The average molecular weight is 266 g/mol. The molecule has 1 aliphatic heterocycles. The molecule has 1 fully saturated rings. The molecule has 0 aliphatic carbocycles. The van der Waals surface area contributed by atoms with Gasteiger partial charge in [0.25, 0.3) is 0 Å². The number of halogens is 1. The highest BCUT2D eigenvalue weighted by atomic mass is 19.1. The van der Waals surface area contributed by atoms with Crippen molar-refractivity contribution in [3.63, 3.8) is 0 Å². The standard InChI is InChI=1S/C15H23FN2O/c1-3-19-15-4-6-18(7-5-15)14-9-12(11-17-2)8-13(16)10-14/h8-10,15,17H,3-7,11H2,1-2H3. The van der Waals surface area contributed by atoms with Gasteiger partial charge in [0.15, 0.2) is 0 Å². The molecule has 0 radical (unpaired) electrons. The minimum atomic E-state index is -0.158. The fraction of sp³-hybridized carbons (Fsp3) is 0.600. The lowest BCUT2D eigenvalue weighted by Gasteiger charge is -2.33. The summed E-state index contributed by atoms with van der Waals surface area (Å²) < 4.78 is 19.3. The number of hydrogen-bond acceptors (Lipinski definition) is 3. The molecule has 1 saturated heterocycles. The molecule has 1 N–H and O–H groups in total. The molecular formula is C15H23FN2O. The van der Waals surface area contributed by atoms with Crippen LogP contribution in [0.15, 0.2) is 18.2 Å². The third-order valence-corrected chi connectivity index (χ3v) is 3.53. The van der Waals surface area contributed by atoms with Gasteiger partial charge in [0.05, 0.1) is 6.10 Å². The quantitative estimate of drug-likeness (QED) is 0.886. The summed E-state index contributed by atoms with van der Waals surface area (Å²) in [5, 5.41) is 3.06. The third kappa shape index (κ3) is 3.91. The highest BCUT2D eigenvalue weighted by Crippen LogP contribution is 2.23. The van der Waals surface area contributed by atoms with E-state index in [0.29, 0.717) is 12.6 Å².